The van der Waals surface area contributed by atoms with Crippen molar-refractivity contribution in [2.45, 2.75) is 36.0 Å². The molecule has 2 atom stereocenters. The van der Waals surface area contributed by atoms with Crippen molar-refractivity contribution >= 4 is 18.2 Å². The Labute approximate surface area is 168 Å². The second-order valence-corrected chi connectivity index (χ2v) is 7.98. The van der Waals surface area contributed by atoms with Crippen molar-refractivity contribution in [1.29, 1.82) is 0 Å². The third-order valence-electron chi connectivity index (χ3n) is 4.90. The van der Waals surface area contributed by atoms with Gasteiger partial charge in [0, 0.05) is 11.4 Å². The standard InChI is InChI=1S/C22H22N2O3S/c1-15-3-7-17(8-4-15)21-20(24(14-25)11-12-26-21)19-22(27-13-23-19)28-18-9-5-16(2)6-10-18/h3-10,13-14,20-21H,11-12H2,1-2H3. The summed E-state index contributed by atoms with van der Waals surface area (Å²) < 4.78 is 11.8. The van der Waals surface area contributed by atoms with Crippen molar-refractivity contribution < 1.29 is 13.9 Å². The highest BCUT2D eigenvalue weighted by Crippen LogP contribution is 2.43. The number of benzene rings is 2. The highest BCUT2D eigenvalue weighted by molar-refractivity contribution is 7.99. The summed E-state index contributed by atoms with van der Waals surface area (Å²) in [6.45, 7) is 5.13. The van der Waals surface area contributed by atoms with Crippen molar-refractivity contribution in [2.75, 3.05) is 13.2 Å². The molecule has 2 heterocycles. The van der Waals surface area contributed by atoms with Crippen LogP contribution in [0.2, 0.25) is 0 Å². The van der Waals surface area contributed by atoms with Gasteiger partial charge in [0.05, 0.1) is 6.61 Å². The number of carbonyl (C=O) groups excluding carboxylic acids is 1. The number of aryl methyl sites for hydroxylation is 2. The van der Waals surface area contributed by atoms with Gasteiger partial charge < -0.3 is 14.1 Å². The molecule has 1 saturated heterocycles. The van der Waals surface area contributed by atoms with Crippen LogP contribution in [0.5, 0.6) is 0 Å². The average Bonchev–Trinajstić information content (AvgIpc) is 3.17. The molecule has 0 N–H and O–H groups in total. The molecule has 3 aromatic rings. The maximum Gasteiger partial charge on any atom is 0.210 e. The van der Waals surface area contributed by atoms with Crippen LogP contribution in [0, 0.1) is 13.8 Å². The average molecular weight is 394 g/mol. The van der Waals surface area contributed by atoms with E-state index in [1.165, 1.54) is 29.3 Å². The van der Waals surface area contributed by atoms with Gasteiger partial charge in [0.25, 0.3) is 0 Å². The van der Waals surface area contributed by atoms with E-state index >= 15 is 0 Å². The van der Waals surface area contributed by atoms with E-state index in [0.717, 1.165) is 22.6 Å². The van der Waals surface area contributed by atoms with E-state index in [0.29, 0.717) is 18.2 Å². The zero-order valence-corrected chi connectivity index (χ0v) is 16.7. The van der Waals surface area contributed by atoms with Crippen LogP contribution >= 0.6 is 11.8 Å². The molecule has 2 aromatic carbocycles. The molecule has 1 aromatic heterocycles. The summed E-state index contributed by atoms with van der Waals surface area (Å²) in [5.41, 5.74) is 4.13. The summed E-state index contributed by atoms with van der Waals surface area (Å²) in [5, 5.41) is 0.684. The summed E-state index contributed by atoms with van der Waals surface area (Å²) in [7, 11) is 0. The topological polar surface area (TPSA) is 55.6 Å². The molecule has 0 radical (unpaired) electrons. The van der Waals surface area contributed by atoms with Gasteiger partial charge in [-0.3, -0.25) is 4.79 Å². The van der Waals surface area contributed by atoms with E-state index in [1.54, 1.807) is 4.90 Å². The minimum atomic E-state index is -0.333. The van der Waals surface area contributed by atoms with Crippen molar-refractivity contribution in [2.24, 2.45) is 0 Å². The maximum absolute atomic E-state index is 11.8. The molecule has 6 heteroatoms. The first kappa shape index (κ1) is 18.8. The number of rotatable bonds is 5. The number of aromatic nitrogens is 1. The van der Waals surface area contributed by atoms with Gasteiger partial charge in [-0.15, -0.1) is 0 Å². The predicted octanol–water partition coefficient (Wildman–Crippen LogP) is 4.71. The van der Waals surface area contributed by atoms with Gasteiger partial charge in [0.2, 0.25) is 6.41 Å². The maximum atomic E-state index is 11.8. The van der Waals surface area contributed by atoms with Gasteiger partial charge in [0.1, 0.15) is 17.8 Å². The van der Waals surface area contributed by atoms with Crippen molar-refractivity contribution in [1.82, 2.24) is 9.88 Å². The zero-order chi connectivity index (χ0) is 19.5. The van der Waals surface area contributed by atoms with Crippen LogP contribution in [-0.4, -0.2) is 29.4 Å². The number of hydrogen-bond acceptors (Lipinski definition) is 5. The molecule has 0 bridgehead atoms. The molecule has 2 unspecified atom stereocenters. The summed E-state index contributed by atoms with van der Waals surface area (Å²) in [6, 6.07) is 16.1. The first-order valence-corrected chi connectivity index (χ1v) is 10.0. The molecular formula is C22H22N2O3S. The normalized spacial score (nSPS) is 19.6. The van der Waals surface area contributed by atoms with Crippen LogP contribution in [0.4, 0.5) is 0 Å². The molecule has 4 rings (SSSR count). The number of nitrogens with zero attached hydrogens (tertiary/aromatic N) is 2. The monoisotopic (exact) mass is 394 g/mol. The van der Waals surface area contributed by atoms with Crippen molar-refractivity contribution in [3.63, 3.8) is 0 Å². The van der Waals surface area contributed by atoms with Crippen LogP contribution in [-0.2, 0) is 9.53 Å². The Hall–Kier alpha value is -2.57. The summed E-state index contributed by atoms with van der Waals surface area (Å²) in [4.78, 5) is 19.1. The van der Waals surface area contributed by atoms with Crippen molar-refractivity contribution in [3.8, 4) is 0 Å². The lowest BCUT2D eigenvalue weighted by atomic mass is 9.96. The fourth-order valence-electron chi connectivity index (χ4n) is 3.37. The fourth-order valence-corrected chi connectivity index (χ4v) is 4.23. The molecule has 1 amide bonds. The molecule has 5 nitrogen and oxygen atoms in total. The Morgan fingerprint density at radius 2 is 1.75 bits per heavy atom. The lowest BCUT2D eigenvalue weighted by molar-refractivity contribution is -0.134. The number of carbonyl (C=O) groups is 1. The van der Waals surface area contributed by atoms with Gasteiger partial charge in [-0.25, -0.2) is 4.98 Å². The number of hydrogen-bond donors (Lipinski definition) is 0. The lowest BCUT2D eigenvalue weighted by Crippen LogP contribution is -2.40. The molecule has 0 saturated carbocycles. The molecule has 0 spiro atoms. The first-order chi connectivity index (χ1) is 13.7. The van der Waals surface area contributed by atoms with Gasteiger partial charge in [-0.1, -0.05) is 47.5 Å². The molecule has 144 valence electrons. The van der Waals surface area contributed by atoms with E-state index < -0.39 is 0 Å². The summed E-state index contributed by atoms with van der Waals surface area (Å²) >= 11 is 1.51. The number of ether oxygens (including phenoxy) is 1. The van der Waals surface area contributed by atoms with E-state index in [9.17, 15) is 4.79 Å². The molecule has 0 aliphatic carbocycles. The number of oxazole rings is 1. The first-order valence-electron chi connectivity index (χ1n) is 9.23. The quantitative estimate of drug-likeness (QED) is 0.587. The lowest BCUT2D eigenvalue weighted by Gasteiger charge is -2.38. The van der Waals surface area contributed by atoms with Crippen LogP contribution in [0.1, 0.15) is 34.5 Å². The zero-order valence-electron chi connectivity index (χ0n) is 15.9. The van der Waals surface area contributed by atoms with E-state index in [2.05, 4.69) is 55.2 Å². The Morgan fingerprint density at radius 3 is 2.43 bits per heavy atom. The largest absolute Gasteiger partial charge is 0.437 e. The van der Waals surface area contributed by atoms with Gasteiger partial charge in [0.15, 0.2) is 11.5 Å². The van der Waals surface area contributed by atoms with Crippen LogP contribution in [0.3, 0.4) is 0 Å². The SMILES string of the molecule is Cc1ccc(Sc2ocnc2C2C(c3ccc(C)cc3)OCCN2C=O)cc1. The molecule has 1 fully saturated rings. The van der Waals surface area contributed by atoms with Gasteiger partial charge in [-0.05, 0) is 43.3 Å². The van der Waals surface area contributed by atoms with Crippen LogP contribution < -0.4 is 0 Å². The summed E-state index contributed by atoms with van der Waals surface area (Å²) in [6.07, 6.45) is 2.03. The van der Waals surface area contributed by atoms with E-state index in [-0.39, 0.29) is 12.1 Å². The minimum Gasteiger partial charge on any atom is -0.437 e. The fraction of sp³-hybridized carbons (Fsp3) is 0.273. The Kier molecular flexibility index (Phi) is 5.50. The Morgan fingerprint density at radius 1 is 1.07 bits per heavy atom. The third kappa shape index (κ3) is 3.84. The highest BCUT2D eigenvalue weighted by Gasteiger charge is 2.38. The molecule has 1 aliphatic rings. The number of amides is 1. The second kappa shape index (κ2) is 8.20. The Balaban J connectivity index is 1.69. The van der Waals surface area contributed by atoms with E-state index in [1.807, 2.05) is 12.1 Å². The van der Waals surface area contributed by atoms with Crippen molar-refractivity contribution in [3.05, 3.63) is 77.3 Å². The third-order valence-corrected chi connectivity index (χ3v) is 5.90. The van der Waals surface area contributed by atoms with Gasteiger partial charge >= 0.3 is 0 Å². The molecule has 28 heavy (non-hydrogen) atoms. The van der Waals surface area contributed by atoms with Crippen LogP contribution in [0.15, 0.2) is 69.3 Å². The predicted molar refractivity (Wildman–Crippen MR) is 107 cm³/mol. The van der Waals surface area contributed by atoms with Crippen LogP contribution in [0.25, 0.3) is 0 Å². The van der Waals surface area contributed by atoms with E-state index in [4.69, 9.17) is 9.15 Å². The summed E-state index contributed by atoms with van der Waals surface area (Å²) in [5.74, 6) is 0. The minimum absolute atomic E-state index is 0.290. The highest BCUT2D eigenvalue weighted by atomic mass is 32.2. The Bertz CT molecular complexity index is 937. The molecule has 1 aliphatic heterocycles. The van der Waals surface area contributed by atoms with Gasteiger partial charge in [-0.2, -0.15) is 0 Å². The molecular weight excluding hydrogens is 372 g/mol. The second-order valence-electron chi connectivity index (χ2n) is 6.93. The number of morpholine rings is 1. The smallest absolute Gasteiger partial charge is 0.210 e.